The number of amides is 1. The van der Waals surface area contributed by atoms with Crippen molar-refractivity contribution in [1.82, 2.24) is 24.9 Å². The second-order valence-corrected chi connectivity index (χ2v) is 9.52. The smallest absolute Gasteiger partial charge is 0.274 e. The molecule has 0 unspecified atom stereocenters. The fourth-order valence-corrected chi connectivity index (χ4v) is 4.77. The highest BCUT2D eigenvalue weighted by Crippen LogP contribution is 2.27. The average molecular weight is 496 g/mol. The van der Waals surface area contributed by atoms with E-state index in [1.165, 1.54) is 4.52 Å². The number of fused-ring (bicyclic) bond motifs is 2. The standard InChI is InChI=1S/C29H29N5O3/c1-17(2)25-26(28(36)31-22(12-13-35)19-9-5-4-6-10-19)33-34-16-24(32-29(37)27(25)34)20-14-21-18(3)8-7-11-23(21)30-15-20/h4-11,14-17,22,35H,12-13H2,1-3H3,(H,31,36)(H,32,37)/t22-/m1/s1. The summed E-state index contributed by atoms with van der Waals surface area (Å²) in [6.07, 6.45) is 3.81. The summed E-state index contributed by atoms with van der Waals surface area (Å²) in [4.78, 5) is 34.3. The zero-order valence-electron chi connectivity index (χ0n) is 21.0. The van der Waals surface area contributed by atoms with Crippen molar-refractivity contribution in [2.45, 2.75) is 39.2 Å². The number of rotatable bonds is 7. The van der Waals surface area contributed by atoms with Crippen molar-refractivity contribution in [3.63, 3.8) is 0 Å². The third kappa shape index (κ3) is 4.63. The predicted octanol–water partition coefficient (Wildman–Crippen LogP) is 4.52. The van der Waals surface area contributed by atoms with Gasteiger partial charge in [0.25, 0.3) is 11.5 Å². The van der Waals surface area contributed by atoms with Crippen LogP contribution < -0.4 is 10.9 Å². The predicted molar refractivity (Wildman–Crippen MR) is 144 cm³/mol. The number of aromatic amines is 1. The van der Waals surface area contributed by atoms with Gasteiger partial charge in [-0.15, -0.1) is 0 Å². The molecule has 2 aromatic carbocycles. The quantitative estimate of drug-likeness (QED) is 0.307. The third-order valence-corrected chi connectivity index (χ3v) is 6.63. The van der Waals surface area contributed by atoms with Crippen LogP contribution >= 0.6 is 0 Å². The number of pyridine rings is 1. The molecule has 8 nitrogen and oxygen atoms in total. The van der Waals surface area contributed by atoms with E-state index in [0.717, 1.165) is 27.6 Å². The second kappa shape index (κ2) is 9.99. The van der Waals surface area contributed by atoms with Crippen molar-refractivity contribution in [2.75, 3.05) is 6.61 Å². The number of hydrogen-bond acceptors (Lipinski definition) is 5. The van der Waals surface area contributed by atoms with E-state index < -0.39 is 5.91 Å². The minimum Gasteiger partial charge on any atom is -0.396 e. The molecule has 0 aliphatic rings. The normalized spacial score (nSPS) is 12.4. The van der Waals surface area contributed by atoms with Gasteiger partial charge in [0.15, 0.2) is 5.69 Å². The van der Waals surface area contributed by atoms with Crippen LogP contribution in [0.2, 0.25) is 0 Å². The maximum absolute atomic E-state index is 13.5. The van der Waals surface area contributed by atoms with E-state index in [0.29, 0.717) is 23.2 Å². The van der Waals surface area contributed by atoms with Gasteiger partial charge in [0.2, 0.25) is 0 Å². The molecule has 3 aromatic heterocycles. The number of aryl methyl sites for hydroxylation is 1. The molecule has 0 radical (unpaired) electrons. The van der Waals surface area contributed by atoms with Crippen molar-refractivity contribution in [2.24, 2.45) is 0 Å². The van der Waals surface area contributed by atoms with Gasteiger partial charge >= 0.3 is 0 Å². The average Bonchev–Trinajstić information content (AvgIpc) is 3.30. The number of nitrogens with one attached hydrogen (secondary N) is 2. The fourth-order valence-electron chi connectivity index (χ4n) is 4.77. The van der Waals surface area contributed by atoms with E-state index in [1.54, 1.807) is 12.4 Å². The van der Waals surface area contributed by atoms with Crippen LogP contribution in [0.5, 0.6) is 0 Å². The molecule has 188 valence electrons. The Morgan fingerprint density at radius 2 is 1.92 bits per heavy atom. The molecule has 37 heavy (non-hydrogen) atoms. The Bertz CT molecular complexity index is 1650. The molecule has 0 fully saturated rings. The van der Waals surface area contributed by atoms with E-state index in [-0.39, 0.29) is 29.8 Å². The Hall–Kier alpha value is -4.30. The van der Waals surface area contributed by atoms with Crippen LogP contribution in [-0.4, -0.2) is 37.2 Å². The van der Waals surface area contributed by atoms with E-state index in [1.807, 2.05) is 75.4 Å². The number of benzene rings is 2. The molecule has 0 saturated carbocycles. The zero-order valence-corrected chi connectivity index (χ0v) is 21.0. The lowest BCUT2D eigenvalue weighted by Crippen LogP contribution is -2.30. The monoisotopic (exact) mass is 495 g/mol. The SMILES string of the molecule is Cc1cccc2ncc(-c3cn4nc(C(=O)N[C@H](CCO)c5ccccc5)c(C(C)C)c4c(=O)[nH]3)cc12. The van der Waals surface area contributed by atoms with E-state index in [4.69, 9.17) is 0 Å². The molecule has 1 amide bonds. The van der Waals surface area contributed by atoms with Gasteiger partial charge in [-0.1, -0.05) is 56.3 Å². The lowest BCUT2D eigenvalue weighted by Gasteiger charge is -2.18. The molecular formula is C29H29N5O3. The van der Waals surface area contributed by atoms with Gasteiger partial charge in [-0.25, -0.2) is 4.52 Å². The minimum atomic E-state index is -0.390. The number of carbonyl (C=O) groups is 1. The van der Waals surface area contributed by atoms with Gasteiger partial charge < -0.3 is 15.4 Å². The first-order valence-corrected chi connectivity index (χ1v) is 12.4. The molecule has 8 heteroatoms. The van der Waals surface area contributed by atoms with E-state index in [2.05, 4.69) is 20.4 Å². The van der Waals surface area contributed by atoms with E-state index >= 15 is 0 Å². The highest BCUT2D eigenvalue weighted by Gasteiger charge is 2.26. The molecule has 5 rings (SSSR count). The van der Waals surface area contributed by atoms with Crippen LogP contribution in [0.4, 0.5) is 0 Å². The third-order valence-electron chi connectivity index (χ3n) is 6.63. The molecule has 0 spiro atoms. The molecular weight excluding hydrogens is 466 g/mol. The molecule has 0 aliphatic carbocycles. The molecule has 0 bridgehead atoms. The maximum atomic E-state index is 13.5. The Labute approximate surface area is 214 Å². The Morgan fingerprint density at radius 1 is 1.14 bits per heavy atom. The lowest BCUT2D eigenvalue weighted by atomic mass is 10.00. The topological polar surface area (TPSA) is 112 Å². The van der Waals surface area contributed by atoms with Gasteiger partial charge in [-0.2, -0.15) is 5.10 Å². The van der Waals surface area contributed by atoms with Gasteiger partial charge in [0.1, 0.15) is 5.52 Å². The summed E-state index contributed by atoms with van der Waals surface area (Å²) in [6, 6.07) is 17.0. The minimum absolute atomic E-state index is 0.0790. The van der Waals surface area contributed by atoms with Gasteiger partial charge in [0, 0.05) is 29.3 Å². The number of aromatic nitrogens is 4. The first kappa shape index (κ1) is 24.4. The van der Waals surface area contributed by atoms with Gasteiger partial charge in [-0.05, 0) is 42.5 Å². The van der Waals surface area contributed by atoms with Gasteiger partial charge in [0.05, 0.1) is 23.4 Å². The van der Waals surface area contributed by atoms with E-state index in [9.17, 15) is 14.7 Å². The van der Waals surface area contributed by atoms with Crippen molar-refractivity contribution in [1.29, 1.82) is 0 Å². The van der Waals surface area contributed by atoms with Crippen molar-refractivity contribution in [3.8, 4) is 11.3 Å². The summed E-state index contributed by atoms with van der Waals surface area (Å²) < 4.78 is 1.49. The Morgan fingerprint density at radius 3 is 2.65 bits per heavy atom. The fraction of sp³-hybridized carbons (Fsp3) is 0.241. The lowest BCUT2D eigenvalue weighted by molar-refractivity contribution is 0.0923. The number of aliphatic hydroxyl groups is 1. The summed E-state index contributed by atoms with van der Waals surface area (Å²) >= 11 is 0. The molecule has 1 atom stereocenters. The first-order valence-electron chi connectivity index (χ1n) is 12.4. The number of aliphatic hydroxyl groups excluding tert-OH is 1. The number of carbonyl (C=O) groups excluding carboxylic acids is 1. The molecule has 3 N–H and O–H groups in total. The van der Waals surface area contributed by atoms with Gasteiger partial charge in [-0.3, -0.25) is 14.6 Å². The van der Waals surface area contributed by atoms with Crippen LogP contribution in [0.15, 0.2) is 71.8 Å². The molecule has 3 heterocycles. The Balaban J connectivity index is 1.58. The number of nitrogens with zero attached hydrogens (tertiary/aromatic N) is 3. The highest BCUT2D eigenvalue weighted by atomic mass is 16.3. The molecule has 0 aliphatic heterocycles. The highest BCUT2D eigenvalue weighted by molar-refractivity contribution is 5.96. The van der Waals surface area contributed by atoms with Crippen molar-refractivity contribution >= 4 is 22.3 Å². The summed E-state index contributed by atoms with van der Waals surface area (Å²) in [7, 11) is 0. The van der Waals surface area contributed by atoms with Crippen molar-refractivity contribution < 1.29 is 9.90 Å². The number of H-pyrrole nitrogens is 1. The maximum Gasteiger partial charge on any atom is 0.274 e. The van der Waals surface area contributed by atoms with Crippen LogP contribution in [0.3, 0.4) is 0 Å². The molecule has 5 aromatic rings. The largest absolute Gasteiger partial charge is 0.396 e. The van der Waals surface area contributed by atoms with Crippen LogP contribution in [0.1, 0.15) is 59.4 Å². The first-order chi connectivity index (χ1) is 17.9. The summed E-state index contributed by atoms with van der Waals surface area (Å²) in [5.74, 6) is -0.512. The Kier molecular flexibility index (Phi) is 6.58. The zero-order chi connectivity index (χ0) is 26.1. The number of hydrogen-bond donors (Lipinski definition) is 3. The van der Waals surface area contributed by atoms with Crippen molar-refractivity contribution in [3.05, 3.63) is 99.7 Å². The molecule has 0 saturated heterocycles. The van der Waals surface area contributed by atoms with Crippen LogP contribution in [-0.2, 0) is 0 Å². The second-order valence-electron chi connectivity index (χ2n) is 9.52. The summed E-state index contributed by atoms with van der Waals surface area (Å²) in [5, 5.41) is 18.1. The van der Waals surface area contributed by atoms with Crippen LogP contribution in [0, 0.1) is 6.92 Å². The summed E-state index contributed by atoms with van der Waals surface area (Å²) in [6.45, 7) is 5.80. The van der Waals surface area contributed by atoms with Crippen LogP contribution in [0.25, 0.3) is 27.7 Å². The summed E-state index contributed by atoms with van der Waals surface area (Å²) in [5.41, 5.74) is 4.95.